The summed E-state index contributed by atoms with van der Waals surface area (Å²) in [4.78, 5) is 0. The molecule has 96 valence electrons. The van der Waals surface area contributed by atoms with Crippen molar-refractivity contribution in [1.82, 2.24) is 0 Å². The van der Waals surface area contributed by atoms with E-state index in [1.54, 1.807) is 0 Å². The fraction of sp³-hybridized carbons (Fsp3) is 0.500. The number of hydrogen-bond acceptors (Lipinski definition) is 3. The molecule has 0 aliphatic heterocycles. The Hall–Kier alpha value is -0.740. The molecule has 0 saturated carbocycles. The van der Waals surface area contributed by atoms with E-state index in [4.69, 9.17) is 11.6 Å². The maximum Gasteiger partial charge on any atom is 0.152 e. The minimum atomic E-state index is -2.92. The lowest BCUT2D eigenvalue weighted by Crippen LogP contribution is -2.18. The summed E-state index contributed by atoms with van der Waals surface area (Å²) < 4.78 is 23.0. The molecule has 0 bridgehead atoms. The predicted octanol–water partition coefficient (Wildman–Crippen LogP) is 2.89. The minimum absolute atomic E-state index is 0.159. The number of halogens is 1. The summed E-state index contributed by atoms with van der Waals surface area (Å²) in [6, 6.07) is 5.61. The first-order valence-electron chi connectivity index (χ1n) is 5.65. The Balaban J connectivity index is 2.49. The lowest BCUT2D eigenvalue weighted by Gasteiger charge is -2.08. The van der Waals surface area contributed by atoms with Crippen molar-refractivity contribution in [1.29, 1.82) is 0 Å². The van der Waals surface area contributed by atoms with Crippen LogP contribution in [0, 0.1) is 6.92 Å². The molecular weight excluding hydrogens is 258 g/mol. The molecule has 17 heavy (non-hydrogen) atoms. The van der Waals surface area contributed by atoms with Crippen LogP contribution in [0.25, 0.3) is 0 Å². The number of sulfone groups is 1. The van der Waals surface area contributed by atoms with Crippen molar-refractivity contribution in [2.24, 2.45) is 0 Å². The molecule has 5 heteroatoms. The van der Waals surface area contributed by atoms with Gasteiger partial charge in [0.2, 0.25) is 0 Å². The zero-order valence-electron chi connectivity index (χ0n) is 10.2. The van der Waals surface area contributed by atoms with Crippen LogP contribution in [0.4, 0.5) is 5.69 Å². The summed E-state index contributed by atoms with van der Waals surface area (Å²) in [6.45, 7) is 4.21. The van der Waals surface area contributed by atoms with Gasteiger partial charge in [-0.3, -0.25) is 0 Å². The number of anilines is 1. The Bertz CT molecular complexity index is 471. The van der Waals surface area contributed by atoms with Gasteiger partial charge < -0.3 is 5.32 Å². The molecule has 0 unspecified atom stereocenters. The number of aryl methyl sites for hydroxylation is 1. The normalized spacial score (nSPS) is 11.5. The molecule has 1 aromatic rings. The molecule has 0 aliphatic carbocycles. The summed E-state index contributed by atoms with van der Waals surface area (Å²) in [7, 11) is -2.92. The van der Waals surface area contributed by atoms with Crippen LogP contribution in [0.1, 0.15) is 18.9 Å². The molecule has 0 amide bonds. The number of hydrogen-bond donors (Lipinski definition) is 1. The van der Waals surface area contributed by atoms with E-state index >= 15 is 0 Å². The largest absolute Gasteiger partial charge is 0.384 e. The third-order valence-corrected chi connectivity index (χ3v) is 4.69. The first-order chi connectivity index (χ1) is 7.94. The van der Waals surface area contributed by atoms with E-state index in [2.05, 4.69) is 5.32 Å². The van der Waals surface area contributed by atoms with Gasteiger partial charge in [0, 0.05) is 23.0 Å². The van der Waals surface area contributed by atoms with Gasteiger partial charge in [-0.15, -0.1) is 0 Å². The number of rotatable bonds is 6. The van der Waals surface area contributed by atoms with E-state index in [1.165, 1.54) is 0 Å². The molecule has 1 rings (SSSR count). The maximum absolute atomic E-state index is 11.5. The lowest BCUT2D eigenvalue weighted by molar-refractivity contribution is 0.595. The second kappa shape index (κ2) is 6.26. The average molecular weight is 276 g/mol. The molecule has 0 aromatic heterocycles. The SMILES string of the molecule is CCCS(=O)(=O)CCNc1ccc(C)c(Cl)c1. The zero-order chi connectivity index (χ0) is 12.9. The molecule has 1 aromatic carbocycles. The van der Waals surface area contributed by atoms with Crippen molar-refractivity contribution in [2.45, 2.75) is 20.3 Å². The predicted molar refractivity (Wildman–Crippen MR) is 73.6 cm³/mol. The van der Waals surface area contributed by atoms with Crippen LogP contribution in [-0.4, -0.2) is 26.5 Å². The van der Waals surface area contributed by atoms with Crippen molar-refractivity contribution in [2.75, 3.05) is 23.4 Å². The van der Waals surface area contributed by atoms with E-state index in [1.807, 2.05) is 32.0 Å². The summed E-state index contributed by atoms with van der Waals surface area (Å²) >= 11 is 5.97. The molecule has 0 heterocycles. The van der Waals surface area contributed by atoms with Crippen molar-refractivity contribution < 1.29 is 8.42 Å². The minimum Gasteiger partial charge on any atom is -0.384 e. The zero-order valence-corrected chi connectivity index (χ0v) is 11.7. The van der Waals surface area contributed by atoms with E-state index < -0.39 is 9.84 Å². The molecule has 0 aliphatic rings. The van der Waals surface area contributed by atoms with Crippen LogP contribution < -0.4 is 5.32 Å². The van der Waals surface area contributed by atoms with Gasteiger partial charge >= 0.3 is 0 Å². The quantitative estimate of drug-likeness (QED) is 0.868. The summed E-state index contributed by atoms with van der Waals surface area (Å²) in [5, 5.41) is 3.75. The number of benzene rings is 1. The van der Waals surface area contributed by atoms with E-state index in [-0.39, 0.29) is 11.5 Å². The van der Waals surface area contributed by atoms with E-state index in [0.29, 0.717) is 18.0 Å². The Kier molecular flexibility index (Phi) is 5.28. The molecule has 0 radical (unpaired) electrons. The van der Waals surface area contributed by atoms with Crippen LogP contribution in [0.5, 0.6) is 0 Å². The summed E-state index contributed by atoms with van der Waals surface area (Å²) in [5.41, 5.74) is 1.86. The van der Waals surface area contributed by atoms with Crippen molar-refractivity contribution >= 4 is 27.1 Å². The number of nitrogens with one attached hydrogen (secondary N) is 1. The molecule has 3 nitrogen and oxygen atoms in total. The van der Waals surface area contributed by atoms with Crippen LogP contribution in [-0.2, 0) is 9.84 Å². The van der Waals surface area contributed by atoms with E-state index in [0.717, 1.165) is 11.3 Å². The second-order valence-corrected chi connectivity index (χ2v) is 6.75. The van der Waals surface area contributed by atoms with Gasteiger partial charge in [0.05, 0.1) is 5.75 Å². The lowest BCUT2D eigenvalue weighted by atomic mass is 10.2. The molecule has 0 atom stereocenters. The molecule has 1 N–H and O–H groups in total. The second-order valence-electron chi connectivity index (χ2n) is 4.04. The highest BCUT2D eigenvalue weighted by atomic mass is 35.5. The van der Waals surface area contributed by atoms with Crippen LogP contribution >= 0.6 is 11.6 Å². The summed E-state index contributed by atoms with van der Waals surface area (Å²) in [6.07, 6.45) is 0.665. The first-order valence-corrected chi connectivity index (χ1v) is 7.85. The van der Waals surface area contributed by atoms with Gasteiger partial charge in [-0.25, -0.2) is 8.42 Å². The molecule has 0 spiro atoms. The molecule has 0 saturated heterocycles. The van der Waals surface area contributed by atoms with Crippen LogP contribution in [0.15, 0.2) is 18.2 Å². The summed E-state index contributed by atoms with van der Waals surface area (Å²) in [5.74, 6) is 0.412. The van der Waals surface area contributed by atoms with Crippen molar-refractivity contribution in [3.05, 3.63) is 28.8 Å². The topological polar surface area (TPSA) is 46.2 Å². The molecule has 0 fully saturated rings. The van der Waals surface area contributed by atoms with Crippen LogP contribution in [0.2, 0.25) is 5.02 Å². The highest BCUT2D eigenvalue weighted by molar-refractivity contribution is 7.91. The smallest absolute Gasteiger partial charge is 0.152 e. The maximum atomic E-state index is 11.5. The van der Waals surface area contributed by atoms with Gasteiger partial charge in [-0.2, -0.15) is 0 Å². The monoisotopic (exact) mass is 275 g/mol. The first kappa shape index (κ1) is 14.3. The van der Waals surface area contributed by atoms with Gasteiger partial charge in [0.25, 0.3) is 0 Å². The van der Waals surface area contributed by atoms with Crippen molar-refractivity contribution in [3.8, 4) is 0 Å². The van der Waals surface area contributed by atoms with Gasteiger partial charge in [-0.05, 0) is 31.0 Å². The van der Waals surface area contributed by atoms with Gasteiger partial charge in [-0.1, -0.05) is 24.6 Å². The third-order valence-electron chi connectivity index (χ3n) is 2.43. The highest BCUT2D eigenvalue weighted by Gasteiger charge is 2.08. The fourth-order valence-electron chi connectivity index (χ4n) is 1.47. The Labute approximate surface area is 108 Å². The fourth-order valence-corrected chi connectivity index (χ4v) is 2.89. The standard InChI is InChI=1S/C12H18ClNO2S/c1-3-7-17(15,16)8-6-14-11-5-4-10(2)12(13)9-11/h4-5,9,14H,3,6-8H2,1-2H3. The highest BCUT2D eigenvalue weighted by Crippen LogP contribution is 2.19. The van der Waals surface area contributed by atoms with Gasteiger partial charge in [0.1, 0.15) is 0 Å². The van der Waals surface area contributed by atoms with Crippen LogP contribution in [0.3, 0.4) is 0 Å². The Morgan fingerprint density at radius 2 is 2.00 bits per heavy atom. The average Bonchev–Trinajstić information content (AvgIpc) is 2.23. The molecular formula is C12H18ClNO2S. The third kappa shape index (κ3) is 4.96. The van der Waals surface area contributed by atoms with Crippen molar-refractivity contribution in [3.63, 3.8) is 0 Å². The Morgan fingerprint density at radius 1 is 1.29 bits per heavy atom. The van der Waals surface area contributed by atoms with Gasteiger partial charge in [0.15, 0.2) is 9.84 Å². The van der Waals surface area contributed by atoms with E-state index in [9.17, 15) is 8.42 Å². The Morgan fingerprint density at radius 3 is 2.59 bits per heavy atom.